The maximum absolute atomic E-state index is 14.4. The molecule has 0 aliphatic carbocycles. The molecule has 71 heavy (non-hydrogen) atoms. The summed E-state index contributed by atoms with van der Waals surface area (Å²) in [5.74, 6) is -5.59. The normalized spacial score (nSPS) is 36.9. The average molecular weight is 1020 g/mol. The van der Waals surface area contributed by atoms with Gasteiger partial charge in [-0.05, 0) is 120 Å². The van der Waals surface area contributed by atoms with Crippen LogP contribution >= 0.6 is 12.4 Å². The molecule has 0 saturated carbocycles. The number of carboxylic acid groups (broad SMARTS) is 1. The number of halogens is 1. The van der Waals surface area contributed by atoms with E-state index in [1.54, 1.807) is 31.2 Å². The monoisotopic (exact) mass is 1020 g/mol. The minimum absolute atomic E-state index is 0. The third-order valence-electron chi connectivity index (χ3n) is 16.4. The van der Waals surface area contributed by atoms with Crippen LogP contribution in [0.1, 0.15) is 133 Å². The second-order valence-corrected chi connectivity index (χ2v) is 21.1. The van der Waals surface area contributed by atoms with Gasteiger partial charge in [0.25, 0.3) is 0 Å². The third-order valence-corrected chi connectivity index (χ3v) is 16.4. The summed E-state index contributed by atoms with van der Waals surface area (Å²) in [6, 6.07) is 12.7. The van der Waals surface area contributed by atoms with Crippen LogP contribution in [0.15, 0.2) is 64.8 Å². The van der Waals surface area contributed by atoms with Crippen LogP contribution in [0, 0.1) is 41.4 Å². The first kappa shape index (κ1) is 61.0. The molecule has 4 saturated heterocycles. The molecular formula is C53H81ClN5NaO11. The number of carbonyl (C=O) groups excluding carboxylic acids is 2. The van der Waals surface area contributed by atoms with Crippen molar-refractivity contribution in [2.45, 2.75) is 199 Å². The number of pyridine rings is 1. The molecule has 18 unspecified atom stereocenters. The van der Waals surface area contributed by atoms with Crippen LogP contribution in [-0.4, -0.2) is 97.6 Å². The number of Topliss-reactive ketones (excluding diaryl/α,β-unsaturated/α-hetero) is 1. The van der Waals surface area contributed by atoms with Crippen LogP contribution < -0.4 is 46.1 Å². The zero-order chi connectivity index (χ0) is 50.6. The number of benzene rings is 1. The van der Waals surface area contributed by atoms with Crippen LogP contribution in [0.2, 0.25) is 0 Å². The molecule has 16 nitrogen and oxygen atoms in total. The molecule has 0 radical (unpaired) electrons. The summed E-state index contributed by atoms with van der Waals surface area (Å²) < 4.78 is 33.4. The van der Waals surface area contributed by atoms with E-state index in [0.29, 0.717) is 69.3 Å². The number of ether oxygens (including phenoxy) is 5. The Morgan fingerprint density at radius 2 is 1.56 bits per heavy atom. The van der Waals surface area contributed by atoms with Crippen molar-refractivity contribution in [1.82, 2.24) is 4.98 Å². The quantitative estimate of drug-likeness (QED) is 0.0956. The van der Waals surface area contributed by atoms with Gasteiger partial charge >= 0.3 is 29.6 Å². The van der Waals surface area contributed by atoms with Gasteiger partial charge in [0.15, 0.2) is 11.6 Å². The molecule has 0 bridgehead atoms. The number of anilines is 2. The van der Waals surface area contributed by atoms with E-state index < -0.39 is 82.9 Å². The fourth-order valence-electron chi connectivity index (χ4n) is 11.6. The number of aromatic nitrogens is 1. The Labute approximate surface area is 449 Å². The van der Waals surface area contributed by atoms with Crippen LogP contribution in [0.3, 0.4) is 0 Å². The molecule has 5 aliphatic heterocycles. The van der Waals surface area contributed by atoms with E-state index in [0.717, 1.165) is 12.1 Å². The van der Waals surface area contributed by atoms with Gasteiger partial charge in [-0.2, -0.15) is 5.11 Å². The molecule has 2 aromatic rings. The van der Waals surface area contributed by atoms with Gasteiger partial charge < -0.3 is 60.4 Å². The number of azo groups is 1. The molecular weight excluding hydrogens is 941 g/mol. The predicted octanol–water partition coefficient (Wildman–Crippen LogP) is 4.94. The summed E-state index contributed by atoms with van der Waals surface area (Å²) in [5, 5.41) is 54.0. The molecule has 5 aliphatic rings. The van der Waals surface area contributed by atoms with Crippen molar-refractivity contribution < 1.29 is 83.3 Å². The van der Waals surface area contributed by atoms with E-state index in [-0.39, 0.29) is 83.5 Å². The SMILES string of the molecule is CCC(C(=O)[O-])C1CCC(C)C(C(C)C(O)C(C)C(=O)C(CC)C2OC3(C=CC(O)C4(CCC(C)(C5CCC(O)(CC)C(C)O5)O4)O3)C(C)CC2C)O1.Cl.Nc1ccc(N=Nc2ccccc2)c(N)n1.[Na+]. The maximum Gasteiger partial charge on any atom is 1.00 e. The van der Waals surface area contributed by atoms with E-state index in [1.165, 1.54) is 0 Å². The number of carboxylic acids is 1. The molecule has 18 atom stereocenters. The molecule has 1 aromatic carbocycles. The summed E-state index contributed by atoms with van der Waals surface area (Å²) >= 11 is 0. The number of aliphatic hydroxyl groups excluding tert-OH is 2. The summed E-state index contributed by atoms with van der Waals surface area (Å²) in [4.78, 5) is 30.1. The Bertz CT molecular complexity index is 2130. The third kappa shape index (κ3) is 13.3. The first-order chi connectivity index (χ1) is 32.6. The van der Waals surface area contributed by atoms with Gasteiger partial charge in [-0.25, -0.2) is 4.98 Å². The zero-order valence-corrected chi connectivity index (χ0v) is 46.7. The fourth-order valence-corrected chi connectivity index (χ4v) is 11.6. The number of ketones is 1. The molecule has 4 fully saturated rings. The van der Waals surface area contributed by atoms with E-state index in [2.05, 4.69) is 36.0 Å². The number of aliphatic carboxylic acids is 1. The Balaban J connectivity index is 0.000000514. The maximum atomic E-state index is 14.4. The van der Waals surface area contributed by atoms with Gasteiger partial charge in [0.05, 0.1) is 53.5 Å². The molecule has 1 aromatic heterocycles. The topological polar surface area (TPSA) is 254 Å². The van der Waals surface area contributed by atoms with Gasteiger partial charge in [0, 0.05) is 42.0 Å². The number of rotatable bonds is 14. The molecule has 392 valence electrons. The minimum atomic E-state index is -1.37. The van der Waals surface area contributed by atoms with E-state index >= 15 is 0 Å². The Morgan fingerprint density at radius 1 is 0.887 bits per heavy atom. The van der Waals surface area contributed by atoms with Gasteiger partial charge in [0.1, 0.15) is 23.4 Å². The Hall–Kier alpha value is -2.58. The zero-order valence-electron chi connectivity index (χ0n) is 43.9. The smallest absolute Gasteiger partial charge is 0.550 e. The Kier molecular flexibility index (Phi) is 21.7. The van der Waals surface area contributed by atoms with Crippen molar-refractivity contribution in [2.75, 3.05) is 11.5 Å². The number of nitrogens with zero attached hydrogens (tertiary/aromatic N) is 3. The number of carbonyl (C=O) groups is 2. The summed E-state index contributed by atoms with van der Waals surface area (Å²) in [7, 11) is 0. The minimum Gasteiger partial charge on any atom is -0.550 e. The fraction of sp³-hybridized carbons (Fsp3) is 0.717. The standard InChI is InChI=1S/C42H70O11.C11H11N5.ClH.Na/c1-11-29(38(46)47)31-15-14-23(4)36(50-31)27(8)34(44)26(7)35(45)30(12-2)37-24(5)22-25(6)41(51-37)19-16-32(43)42(53-41)21-20-39(10,52-42)33-17-18-40(48,13-3)28(9)49-33;12-10-7-6-9(11(13)14-10)16-15-8-4-2-1-3-5-8;;/h16,19,23-34,36-37,43-44,48H,11-15,17-18,20-22H2,1-10H3,(H,46,47);1-7H,(H4,12,13,14);1H;/q;;;+1/p-1. The number of hydrogen-bond donors (Lipinski definition) is 5. The second-order valence-electron chi connectivity index (χ2n) is 21.1. The van der Waals surface area contributed by atoms with Crippen molar-refractivity contribution >= 4 is 47.2 Å². The summed E-state index contributed by atoms with van der Waals surface area (Å²) in [6.45, 7) is 19.5. The van der Waals surface area contributed by atoms with Crippen LogP contribution in [0.5, 0.6) is 0 Å². The van der Waals surface area contributed by atoms with E-state index in [9.17, 15) is 30.0 Å². The van der Waals surface area contributed by atoms with Crippen molar-refractivity contribution in [3.63, 3.8) is 0 Å². The average Bonchev–Trinajstić information content (AvgIpc) is 3.67. The molecule has 18 heteroatoms. The molecule has 6 heterocycles. The Morgan fingerprint density at radius 3 is 2.17 bits per heavy atom. The molecule has 7 rings (SSSR count). The van der Waals surface area contributed by atoms with Crippen molar-refractivity contribution in [1.29, 1.82) is 0 Å². The van der Waals surface area contributed by atoms with E-state index in [4.69, 9.17) is 35.2 Å². The number of nitrogens with two attached hydrogens (primary N) is 2. The van der Waals surface area contributed by atoms with Crippen LogP contribution in [0.4, 0.5) is 23.0 Å². The molecule has 2 spiro atoms. The molecule has 7 N–H and O–H groups in total. The van der Waals surface area contributed by atoms with Gasteiger partial charge in [-0.1, -0.05) is 73.6 Å². The largest absolute Gasteiger partial charge is 1.00 e. The first-order valence-corrected chi connectivity index (χ1v) is 25.5. The van der Waals surface area contributed by atoms with Gasteiger partial charge in [-0.3, -0.25) is 4.79 Å². The second kappa shape index (κ2) is 25.3. The number of aliphatic hydroxyl groups is 3. The summed E-state index contributed by atoms with van der Waals surface area (Å²) in [6.07, 6.45) is 5.22. The van der Waals surface area contributed by atoms with E-state index in [1.807, 2.05) is 71.9 Å². The van der Waals surface area contributed by atoms with Crippen molar-refractivity contribution in [3.05, 3.63) is 54.6 Å². The number of hydrogen-bond acceptors (Lipinski definition) is 16. The van der Waals surface area contributed by atoms with Crippen LogP contribution in [0.25, 0.3) is 0 Å². The first-order valence-electron chi connectivity index (χ1n) is 25.5. The van der Waals surface area contributed by atoms with Gasteiger partial charge in [-0.15, -0.1) is 17.5 Å². The summed E-state index contributed by atoms with van der Waals surface area (Å²) in [5.41, 5.74) is 10.8. The van der Waals surface area contributed by atoms with Crippen LogP contribution in [-0.2, 0) is 33.3 Å². The van der Waals surface area contributed by atoms with Gasteiger partial charge in [0.2, 0.25) is 5.79 Å². The molecule has 0 amide bonds. The predicted molar refractivity (Wildman–Crippen MR) is 267 cm³/mol. The van der Waals surface area contributed by atoms with Crippen molar-refractivity contribution in [2.24, 2.45) is 51.7 Å². The van der Waals surface area contributed by atoms with Crippen molar-refractivity contribution in [3.8, 4) is 0 Å². The number of nitrogen functional groups attached to an aromatic ring is 2.